The molecule has 0 saturated heterocycles. The van der Waals surface area contributed by atoms with Crippen LogP contribution in [0.4, 0.5) is 0 Å². The van der Waals surface area contributed by atoms with Crippen LogP contribution in [-0.4, -0.2) is 0 Å². The maximum Gasteiger partial charge on any atom is -0.0279 e. The van der Waals surface area contributed by atoms with E-state index in [0.717, 1.165) is 0 Å². The van der Waals surface area contributed by atoms with E-state index < -0.39 is 0 Å². The number of rotatable bonds is 23. The fourth-order valence-electron chi connectivity index (χ4n) is 4.97. The van der Waals surface area contributed by atoms with Gasteiger partial charge in [-0.3, -0.25) is 0 Å². The summed E-state index contributed by atoms with van der Waals surface area (Å²) in [5, 5.41) is 0. The van der Waals surface area contributed by atoms with E-state index in [2.05, 4.69) is 39.0 Å². The molecule has 186 valence electrons. The zero-order chi connectivity index (χ0) is 23.1. The zero-order valence-corrected chi connectivity index (χ0v) is 22.5. The van der Waals surface area contributed by atoms with Crippen molar-refractivity contribution in [2.75, 3.05) is 0 Å². The van der Waals surface area contributed by atoms with Crippen molar-refractivity contribution in [3.63, 3.8) is 0 Å². The van der Waals surface area contributed by atoms with Gasteiger partial charge in [0, 0.05) is 0 Å². The van der Waals surface area contributed by atoms with Crippen LogP contribution < -0.4 is 0 Å². The van der Waals surface area contributed by atoms with E-state index in [0.29, 0.717) is 0 Å². The molecule has 0 aromatic heterocycles. The Balaban J connectivity index is 2.13. The van der Waals surface area contributed by atoms with Crippen LogP contribution >= 0.6 is 0 Å². The van der Waals surface area contributed by atoms with Crippen LogP contribution in [0.1, 0.15) is 166 Å². The second kappa shape index (κ2) is 22.0. The zero-order valence-electron chi connectivity index (χ0n) is 22.5. The Morgan fingerprint density at radius 1 is 0.344 bits per heavy atom. The summed E-state index contributed by atoms with van der Waals surface area (Å²) in [6, 6.07) is 7.49. The van der Waals surface area contributed by atoms with Gasteiger partial charge in [0.15, 0.2) is 0 Å². The van der Waals surface area contributed by atoms with E-state index in [1.54, 1.807) is 16.7 Å². The Bertz CT molecular complexity index is 473. The Kier molecular flexibility index (Phi) is 20.1. The summed E-state index contributed by atoms with van der Waals surface area (Å²) in [5.74, 6) is 0. The maximum absolute atomic E-state index is 2.53. The molecule has 0 N–H and O–H groups in total. The van der Waals surface area contributed by atoms with Crippen LogP contribution in [0, 0.1) is 0 Å². The molecule has 0 spiro atoms. The quantitative estimate of drug-likeness (QED) is 0.148. The molecule has 0 aliphatic heterocycles. The fraction of sp³-hybridized carbons (Fsp3) is 0.812. The molecule has 0 bridgehead atoms. The lowest BCUT2D eigenvalue weighted by molar-refractivity contribution is 0.555. The van der Waals surface area contributed by atoms with Gasteiger partial charge in [-0.1, -0.05) is 155 Å². The van der Waals surface area contributed by atoms with Gasteiger partial charge in [0.2, 0.25) is 0 Å². The van der Waals surface area contributed by atoms with Crippen LogP contribution in [0.25, 0.3) is 0 Å². The van der Waals surface area contributed by atoms with E-state index in [1.807, 2.05) is 0 Å². The predicted octanol–water partition coefficient (Wildman–Crippen LogP) is 11.2. The van der Waals surface area contributed by atoms with Crippen molar-refractivity contribution in [2.45, 2.75) is 168 Å². The molecular formula is C32H58. The van der Waals surface area contributed by atoms with E-state index in [1.165, 1.54) is 148 Å². The molecule has 1 rings (SSSR count). The first-order chi connectivity index (χ1) is 15.8. The number of hydrogen-bond acceptors (Lipinski definition) is 0. The third-order valence-electron chi connectivity index (χ3n) is 7.16. The van der Waals surface area contributed by atoms with Crippen molar-refractivity contribution in [2.24, 2.45) is 0 Å². The molecule has 0 atom stereocenters. The molecule has 0 aliphatic rings. The van der Waals surface area contributed by atoms with Gasteiger partial charge in [0.1, 0.15) is 0 Å². The number of aryl methyl sites for hydroxylation is 3. The van der Waals surface area contributed by atoms with Crippen LogP contribution in [-0.2, 0) is 19.3 Å². The first kappa shape index (κ1) is 29.3. The molecule has 1 aromatic rings. The highest BCUT2D eigenvalue weighted by molar-refractivity contribution is 5.30. The second-order valence-corrected chi connectivity index (χ2v) is 10.4. The lowest BCUT2D eigenvalue weighted by Crippen LogP contribution is -1.95. The minimum Gasteiger partial charge on any atom is -0.0654 e. The molecular weight excluding hydrogens is 384 g/mol. The number of benzene rings is 1. The maximum atomic E-state index is 2.53. The van der Waals surface area contributed by atoms with Gasteiger partial charge in [-0.05, 0) is 48.8 Å². The Hall–Kier alpha value is -0.780. The average molecular weight is 443 g/mol. The van der Waals surface area contributed by atoms with Gasteiger partial charge in [0.05, 0.1) is 0 Å². The Labute approximate surface area is 203 Å². The largest absolute Gasteiger partial charge is 0.0654 e. The van der Waals surface area contributed by atoms with Gasteiger partial charge in [-0.25, -0.2) is 0 Å². The van der Waals surface area contributed by atoms with Crippen molar-refractivity contribution in [1.82, 2.24) is 0 Å². The summed E-state index contributed by atoms with van der Waals surface area (Å²) < 4.78 is 0. The fourth-order valence-corrected chi connectivity index (χ4v) is 4.97. The van der Waals surface area contributed by atoms with E-state index in [-0.39, 0.29) is 0 Å². The van der Waals surface area contributed by atoms with Crippen molar-refractivity contribution < 1.29 is 0 Å². The molecule has 0 radical (unpaired) electrons. The van der Waals surface area contributed by atoms with Gasteiger partial charge in [-0.2, -0.15) is 0 Å². The highest BCUT2D eigenvalue weighted by Gasteiger charge is 2.02. The first-order valence-electron chi connectivity index (χ1n) is 14.9. The highest BCUT2D eigenvalue weighted by Crippen LogP contribution is 2.18. The van der Waals surface area contributed by atoms with Crippen molar-refractivity contribution in [1.29, 1.82) is 0 Å². The van der Waals surface area contributed by atoms with Gasteiger partial charge in [-0.15, -0.1) is 0 Å². The summed E-state index contributed by atoms with van der Waals surface area (Å²) in [7, 11) is 0. The molecule has 1 aromatic carbocycles. The van der Waals surface area contributed by atoms with Crippen LogP contribution in [0.5, 0.6) is 0 Å². The van der Waals surface area contributed by atoms with Crippen molar-refractivity contribution in [3.8, 4) is 0 Å². The Morgan fingerprint density at radius 3 is 0.938 bits per heavy atom. The Morgan fingerprint density at radius 2 is 0.625 bits per heavy atom. The SMILES string of the molecule is CCCCCCCCCCCCc1cc(CC)cc(CCCCCCCCCCCC)c1. The minimum atomic E-state index is 1.18. The third kappa shape index (κ3) is 16.8. The van der Waals surface area contributed by atoms with Crippen LogP contribution in [0.3, 0.4) is 0 Å². The summed E-state index contributed by atoms with van der Waals surface area (Å²) in [6.45, 7) is 6.91. The third-order valence-corrected chi connectivity index (χ3v) is 7.16. The molecule has 0 nitrogen and oxygen atoms in total. The number of unbranched alkanes of at least 4 members (excludes halogenated alkanes) is 18. The summed E-state index contributed by atoms with van der Waals surface area (Å²) >= 11 is 0. The predicted molar refractivity (Wildman–Crippen MR) is 147 cm³/mol. The molecule has 0 saturated carbocycles. The topological polar surface area (TPSA) is 0 Å². The van der Waals surface area contributed by atoms with Crippen molar-refractivity contribution in [3.05, 3.63) is 34.9 Å². The summed E-state index contributed by atoms with van der Waals surface area (Å²) in [4.78, 5) is 0. The smallest absolute Gasteiger partial charge is 0.0279 e. The van der Waals surface area contributed by atoms with Crippen LogP contribution in [0.2, 0.25) is 0 Å². The normalized spacial score (nSPS) is 11.3. The second-order valence-electron chi connectivity index (χ2n) is 10.4. The summed E-state index contributed by atoms with van der Waals surface area (Å²) in [5.41, 5.74) is 4.76. The van der Waals surface area contributed by atoms with Crippen LogP contribution in [0.15, 0.2) is 18.2 Å². The molecule has 0 fully saturated rings. The van der Waals surface area contributed by atoms with Gasteiger partial charge >= 0.3 is 0 Å². The van der Waals surface area contributed by atoms with Crippen molar-refractivity contribution >= 4 is 0 Å². The molecule has 0 aliphatic carbocycles. The summed E-state index contributed by atoms with van der Waals surface area (Å²) in [6.07, 6.45) is 32.3. The van der Waals surface area contributed by atoms with E-state index in [4.69, 9.17) is 0 Å². The lowest BCUT2D eigenvalue weighted by Gasteiger charge is -2.10. The molecule has 0 unspecified atom stereocenters. The standard InChI is InChI=1S/C32H58/c1-4-7-9-11-13-15-17-19-21-23-25-31-27-30(6-3)28-32(29-31)26-24-22-20-18-16-14-12-10-8-5-2/h27-29H,4-26H2,1-3H3. The molecule has 32 heavy (non-hydrogen) atoms. The average Bonchev–Trinajstić information content (AvgIpc) is 2.81. The number of hydrogen-bond donors (Lipinski definition) is 0. The molecule has 0 heteroatoms. The first-order valence-corrected chi connectivity index (χ1v) is 14.9. The molecule has 0 amide bonds. The van der Waals surface area contributed by atoms with E-state index in [9.17, 15) is 0 Å². The van der Waals surface area contributed by atoms with Gasteiger partial charge in [0.25, 0.3) is 0 Å². The molecule has 0 heterocycles. The minimum absolute atomic E-state index is 1.18. The highest BCUT2D eigenvalue weighted by atomic mass is 14.1. The lowest BCUT2D eigenvalue weighted by atomic mass is 9.96. The monoisotopic (exact) mass is 442 g/mol. The van der Waals surface area contributed by atoms with E-state index >= 15 is 0 Å². The van der Waals surface area contributed by atoms with Gasteiger partial charge < -0.3 is 0 Å².